The van der Waals surface area contributed by atoms with Gasteiger partial charge in [0.05, 0.1) is 16.1 Å². The van der Waals surface area contributed by atoms with Gasteiger partial charge in [-0.25, -0.2) is 12.8 Å². The molecule has 7 heteroatoms. The Morgan fingerprint density at radius 2 is 2.10 bits per heavy atom. The lowest BCUT2D eigenvalue weighted by Crippen LogP contribution is -2.54. The lowest BCUT2D eigenvalue weighted by Gasteiger charge is -2.33. The summed E-state index contributed by atoms with van der Waals surface area (Å²) in [4.78, 5) is 12.3. The van der Waals surface area contributed by atoms with Crippen LogP contribution in [0.3, 0.4) is 0 Å². The number of benzene rings is 1. The average Bonchev–Trinajstić information content (AvgIpc) is 2.40. The van der Waals surface area contributed by atoms with Gasteiger partial charge in [-0.15, -0.1) is 0 Å². The van der Waals surface area contributed by atoms with Crippen molar-refractivity contribution in [2.75, 3.05) is 18.1 Å². The van der Waals surface area contributed by atoms with Crippen LogP contribution in [0.5, 0.6) is 0 Å². The fourth-order valence-corrected chi connectivity index (χ4v) is 2.99. The van der Waals surface area contributed by atoms with Crippen molar-refractivity contribution in [3.63, 3.8) is 0 Å². The molecule has 1 aliphatic rings. The molecule has 0 aliphatic carbocycles. The first-order valence-corrected chi connectivity index (χ1v) is 8.68. The monoisotopic (exact) mass is 314 g/mol. The van der Waals surface area contributed by atoms with E-state index in [4.69, 9.17) is 0 Å². The molecule has 1 fully saturated rings. The summed E-state index contributed by atoms with van der Waals surface area (Å²) in [5.41, 5.74) is -0.872. The van der Waals surface area contributed by atoms with E-state index in [0.717, 1.165) is 37.8 Å². The summed E-state index contributed by atoms with van der Waals surface area (Å²) in [7, 11) is -3.45. The topological polar surface area (TPSA) is 75.3 Å². The van der Waals surface area contributed by atoms with Crippen LogP contribution in [0.1, 0.15) is 26.2 Å². The van der Waals surface area contributed by atoms with Crippen LogP contribution in [0.15, 0.2) is 23.1 Å². The van der Waals surface area contributed by atoms with Crippen molar-refractivity contribution in [3.05, 3.63) is 24.0 Å². The van der Waals surface area contributed by atoms with Crippen molar-refractivity contribution in [2.45, 2.75) is 36.6 Å². The van der Waals surface area contributed by atoms with E-state index in [9.17, 15) is 17.6 Å². The molecule has 5 nitrogen and oxygen atoms in total. The van der Waals surface area contributed by atoms with Crippen LogP contribution < -0.4 is 10.6 Å². The van der Waals surface area contributed by atoms with Crippen LogP contribution in [0.25, 0.3) is 0 Å². The number of halogens is 1. The van der Waals surface area contributed by atoms with Crippen LogP contribution >= 0.6 is 0 Å². The number of piperidine rings is 1. The predicted octanol–water partition coefficient (Wildman–Crippen LogP) is 1.70. The fraction of sp³-hybridized carbons (Fsp3) is 0.500. The van der Waals surface area contributed by atoms with Gasteiger partial charge in [0.25, 0.3) is 0 Å². The van der Waals surface area contributed by atoms with Crippen molar-refractivity contribution in [3.8, 4) is 0 Å². The van der Waals surface area contributed by atoms with Crippen LogP contribution in [-0.4, -0.2) is 32.7 Å². The molecule has 21 heavy (non-hydrogen) atoms. The second-order valence-corrected chi connectivity index (χ2v) is 7.60. The minimum Gasteiger partial charge on any atom is -0.322 e. The summed E-state index contributed by atoms with van der Waals surface area (Å²) in [5, 5.41) is 5.62. The third kappa shape index (κ3) is 3.59. The van der Waals surface area contributed by atoms with Gasteiger partial charge in [0, 0.05) is 6.26 Å². The molecule has 2 rings (SSSR count). The molecule has 0 saturated carbocycles. The first-order valence-electron chi connectivity index (χ1n) is 6.78. The highest BCUT2D eigenvalue weighted by atomic mass is 32.2. The Bertz CT molecular complexity index is 652. The van der Waals surface area contributed by atoms with Crippen LogP contribution in [0.4, 0.5) is 10.1 Å². The summed E-state index contributed by atoms with van der Waals surface area (Å²) in [5.74, 6) is -1.01. The SMILES string of the molecule is CC1(C(=O)Nc2cc(S(C)(=O)=O)ccc2F)CCCCN1. The summed E-state index contributed by atoms with van der Waals surface area (Å²) < 4.78 is 36.8. The molecule has 1 saturated heterocycles. The second kappa shape index (κ2) is 5.73. The van der Waals surface area contributed by atoms with Gasteiger partial charge in [0.2, 0.25) is 5.91 Å². The molecule has 1 amide bonds. The van der Waals surface area contributed by atoms with E-state index >= 15 is 0 Å². The van der Waals surface area contributed by atoms with Crippen molar-refractivity contribution in [1.82, 2.24) is 5.32 Å². The number of carbonyl (C=O) groups is 1. The molecule has 0 radical (unpaired) electrons. The van der Waals surface area contributed by atoms with E-state index in [0.29, 0.717) is 6.42 Å². The first kappa shape index (κ1) is 15.9. The highest BCUT2D eigenvalue weighted by Gasteiger charge is 2.34. The first-order chi connectivity index (χ1) is 9.72. The van der Waals surface area contributed by atoms with Gasteiger partial charge in [-0.2, -0.15) is 0 Å². The Morgan fingerprint density at radius 3 is 2.67 bits per heavy atom. The maximum absolute atomic E-state index is 13.8. The molecule has 1 heterocycles. The van der Waals surface area contributed by atoms with Gasteiger partial charge < -0.3 is 10.6 Å². The standard InChI is InChI=1S/C14H19FN2O3S/c1-14(7-3-4-8-16-14)13(18)17-12-9-10(21(2,19)20)5-6-11(12)15/h5-6,9,16H,3-4,7-8H2,1-2H3,(H,17,18). The number of carbonyl (C=O) groups excluding carboxylic acids is 1. The summed E-state index contributed by atoms with van der Waals surface area (Å²) in [6.07, 6.45) is 3.62. The molecule has 0 spiro atoms. The van der Waals surface area contributed by atoms with Gasteiger partial charge in [-0.05, 0) is 50.9 Å². The zero-order chi connectivity index (χ0) is 15.7. The zero-order valence-electron chi connectivity index (χ0n) is 12.1. The molecule has 1 unspecified atom stereocenters. The van der Waals surface area contributed by atoms with E-state index in [1.165, 1.54) is 6.07 Å². The number of anilines is 1. The minimum absolute atomic E-state index is 0.0269. The molecular formula is C14H19FN2O3S. The lowest BCUT2D eigenvalue weighted by molar-refractivity contribution is -0.122. The predicted molar refractivity (Wildman–Crippen MR) is 78.4 cm³/mol. The highest BCUT2D eigenvalue weighted by Crippen LogP contribution is 2.24. The maximum Gasteiger partial charge on any atom is 0.244 e. The third-order valence-electron chi connectivity index (χ3n) is 3.73. The van der Waals surface area contributed by atoms with Crippen molar-refractivity contribution in [2.24, 2.45) is 0 Å². The third-order valence-corrected chi connectivity index (χ3v) is 4.84. The molecular weight excluding hydrogens is 295 g/mol. The van der Waals surface area contributed by atoms with Gasteiger partial charge in [0.1, 0.15) is 5.82 Å². The maximum atomic E-state index is 13.8. The number of rotatable bonds is 3. The second-order valence-electron chi connectivity index (χ2n) is 5.58. The summed E-state index contributed by atoms with van der Waals surface area (Å²) in [6, 6.07) is 3.37. The molecule has 2 N–H and O–H groups in total. The highest BCUT2D eigenvalue weighted by molar-refractivity contribution is 7.90. The number of hydrogen-bond acceptors (Lipinski definition) is 4. The van der Waals surface area contributed by atoms with Crippen LogP contribution in [-0.2, 0) is 14.6 Å². The quantitative estimate of drug-likeness (QED) is 0.833. The van der Waals surface area contributed by atoms with Crippen molar-refractivity contribution < 1.29 is 17.6 Å². The summed E-state index contributed by atoms with van der Waals surface area (Å²) in [6.45, 7) is 2.50. The zero-order valence-corrected chi connectivity index (χ0v) is 12.9. The van der Waals surface area contributed by atoms with Crippen LogP contribution in [0, 0.1) is 5.82 Å². The van der Waals surface area contributed by atoms with Crippen molar-refractivity contribution in [1.29, 1.82) is 0 Å². The number of sulfone groups is 1. The Kier molecular flexibility index (Phi) is 4.34. The molecule has 0 bridgehead atoms. The Hall–Kier alpha value is -1.47. The van der Waals surface area contributed by atoms with E-state index in [2.05, 4.69) is 10.6 Å². The van der Waals surface area contributed by atoms with E-state index in [1.807, 2.05) is 0 Å². The molecule has 1 atom stereocenters. The Morgan fingerprint density at radius 1 is 1.38 bits per heavy atom. The largest absolute Gasteiger partial charge is 0.322 e. The molecule has 1 aliphatic heterocycles. The summed E-state index contributed by atoms with van der Waals surface area (Å²) >= 11 is 0. The number of nitrogens with one attached hydrogen (secondary N) is 2. The molecule has 1 aromatic rings. The Labute approximate surface area is 123 Å². The van der Waals surface area contributed by atoms with Gasteiger partial charge in [-0.3, -0.25) is 4.79 Å². The van der Waals surface area contributed by atoms with Gasteiger partial charge >= 0.3 is 0 Å². The average molecular weight is 314 g/mol. The molecule has 1 aromatic carbocycles. The van der Waals surface area contributed by atoms with E-state index < -0.39 is 21.2 Å². The molecule has 116 valence electrons. The van der Waals surface area contributed by atoms with Crippen LogP contribution in [0.2, 0.25) is 0 Å². The number of hydrogen-bond donors (Lipinski definition) is 2. The molecule has 0 aromatic heterocycles. The minimum atomic E-state index is -3.45. The lowest BCUT2D eigenvalue weighted by atomic mass is 9.90. The van der Waals surface area contributed by atoms with E-state index in [-0.39, 0.29) is 16.5 Å². The number of amides is 1. The van der Waals surface area contributed by atoms with Gasteiger partial charge in [0.15, 0.2) is 9.84 Å². The van der Waals surface area contributed by atoms with Crippen molar-refractivity contribution >= 4 is 21.4 Å². The van der Waals surface area contributed by atoms with Gasteiger partial charge in [-0.1, -0.05) is 0 Å². The normalized spacial score (nSPS) is 22.8. The smallest absolute Gasteiger partial charge is 0.244 e. The fourth-order valence-electron chi connectivity index (χ4n) is 2.34. The van der Waals surface area contributed by atoms with E-state index in [1.54, 1.807) is 6.92 Å². The Balaban J connectivity index is 2.24.